The fourth-order valence-electron chi connectivity index (χ4n) is 3.78. The zero-order valence-corrected chi connectivity index (χ0v) is 18.0. The van der Waals surface area contributed by atoms with Gasteiger partial charge in [0.1, 0.15) is 0 Å². The average Bonchev–Trinajstić information content (AvgIpc) is 3.40. The van der Waals surface area contributed by atoms with E-state index in [0.29, 0.717) is 23.6 Å². The maximum absolute atomic E-state index is 5.51. The first-order valence-electron chi connectivity index (χ1n) is 10.5. The summed E-state index contributed by atoms with van der Waals surface area (Å²) in [5.41, 5.74) is 6.06. The van der Waals surface area contributed by atoms with Gasteiger partial charge in [-0.1, -0.05) is 50.2 Å². The molecule has 0 saturated carbocycles. The molecule has 30 heavy (non-hydrogen) atoms. The number of hydrogen-bond acceptors (Lipinski definition) is 4. The van der Waals surface area contributed by atoms with Crippen molar-refractivity contribution < 1.29 is 4.42 Å². The third-order valence-electron chi connectivity index (χ3n) is 5.80. The SMILES string of the molecule is Cc1nnc(-c2ccc(C(C)CCC(C)c3ccc(-c4cnn(C)c4)cc3)cc2)o1. The van der Waals surface area contributed by atoms with Crippen LogP contribution in [0.5, 0.6) is 0 Å². The highest BCUT2D eigenvalue weighted by molar-refractivity contribution is 5.62. The van der Waals surface area contributed by atoms with E-state index in [-0.39, 0.29) is 0 Å². The Bertz CT molecular complexity index is 1000. The molecule has 2 aromatic heterocycles. The van der Waals surface area contributed by atoms with Gasteiger partial charge in [0, 0.05) is 31.3 Å². The highest BCUT2D eigenvalue weighted by atomic mass is 16.4. The van der Waals surface area contributed by atoms with Gasteiger partial charge in [-0.25, -0.2) is 0 Å². The Morgan fingerprint density at radius 2 is 1.37 bits per heavy atom. The van der Waals surface area contributed by atoms with Gasteiger partial charge in [0.05, 0.1) is 6.20 Å². The monoisotopic (exact) mass is 400 g/mol. The van der Waals surface area contributed by atoms with Crippen LogP contribution in [0.2, 0.25) is 0 Å². The molecule has 2 aromatic carbocycles. The number of hydrogen-bond donors (Lipinski definition) is 0. The molecule has 0 N–H and O–H groups in total. The molecule has 0 fully saturated rings. The second-order valence-corrected chi connectivity index (χ2v) is 8.15. The van der Waals surface area contributed by atoms with Gasteiger partial charge in [0.2, 0.25) is 11.8 Å². The van der Waals surface area contributed by atoms with Crippen molar-refractivity contribution in [2.45, 2.75) is 45.4 Å². The van der Waals surface area contributed by atoms with Crippen LogP contribution >= 0.6 is 0 Å². The molecule has 4 rings (SSSR count). The van der Waals surface area contributed by atoms with Gasteiger partial charge >= 0.3 is 0 Å². The van der Waals surface area contributed by atoms with E-state index in [1.165, 1.54) is 16.7 Å². The van der Waals surface area contributed by atoms with Crippen molar-refractivity contribution in [3.63, 3.8) is 0 Å². The Labute approximate surface area is 177 Å². The maximum atomic E-state index is 5.51. The van der Waals surface area contributed by atoms with Crippen LogP contribution < -0.4 is 0 Å². The molecule has 0 bridgehead atoms. The molecule has 0 spiro atoms. The molecule has 0 aliphatic rings. The molecule has 4 aromatic rings. The van der Waals surface area contributed by atoms with Crippen LogP contribution in [0, 0.1) is 6.92 Å². The molecular formula is C25H28N4O. The number of nitrogens with zero attached hydrogens (tertiary/aromatic N) is 4. The van der Waals surface area contributed by atoms with Crippen molar-refractivity contribution >= 4 is 0 Å². The minimum atomic E-state index is 0.501. The molecule has 5 nitrogen and oxygen atoms in total. The van der Waals surface area contributed by atoms with Crippen molar-refractivity contribution in [2.24, 2.45) is 7.05 Å². The van der Waals surface area contributed by atoms with Crippen LogP contribution in [0.4, 0.5) is 0 Å². The first kappa shape index (κ1) is 20.1. The van der Waals surface area contributed by atoms with Gasteiger partial charge in [-0.05, 0) is 53.5 Å². The Morgan fingerprint density at radius 1 is 0.800 bits per heavy atom. The molecule has 0 amide bonds. The van der Waals surface area contributed by atoms with Gasteiger partial charge in [-0.2, -0.15) is 5.10 Å². The normalized spacial score (nSPS) is 13.3. The van der Waals surface area contributed by atoms with Crippen LogP contribution in [-0.4, -0.2) is 20.0 Å². The summed E-state index contributed by atoms with van der Waals surface area (Å²) in [6.07, 6.45) is 6.25. The quantitative estimate of drug-likeness (QED) is 0.374. The van der Waals surface area contributed by atoms with Crippen LogP contribution in [0.1, 0.15) is 55.5 Å². The highest BCUT2D eigenvalue weighted by Crippen LogP contribution is 2.30. The summed E-state index contributed by atoms with van der Waals surface area (Å²) < 4.78 is 7.34. The summed E-state index contributed by atoms with van der Waals surface area (Å²) in [4.78, 5) is 0. The molecule has 2 unspecified atom stereocenters. The first-order valence-corrected chi connectivity index (χ1v) is 10.5. The van der Waals surface area contributed by atoms with Crippen LogP contribution in [-0.2, 0) is 7.05 Å². The molecule has 0 saturated heterocycles. The Balaban J connectivity index is 1.34. The van der Waals surface area contributed by atoms with Crippen molar-refractivity contribution in [1.82, 2.24) is 20.0 Å². The van der Waals surface area contributed by atoms with Crippen LogP contribution in [0.15, 0.2) is 65.3 Å². The molecule has 154 valence electrons. The van der Waals surface area contributed by atoms with Crippen LogP contribution in [0.25, 0.3) is 22.6 Å². The second-order valence-electron chi connectivity index (χ2n) is 8.15. The summed E-state index contributed by atoms with van der Waals surface area (Å²) in [6.45, 7) is 6.41. The van der Waals surface area contributed by atoms with Crippen molar-refractivity contribution in [1.29, 1.82) is 0 Å². The lowest BCUT2D eigenvalue weighted by Gasteiger charge is -2.17. The lowest BCUT2D eigenvalue weighted by atomic mass is 9.88. The standard InChI is InChI=1S/C25H28N4O/c1-17(20-7-11-22(12-8-20)24-15-26-29(4)16-24)5-6-18(2)21-9-13-23(14-10-21)25-28-27-19(3)30-25/h7-18H,5-6H2,1-4H3. The van der Waals surface area contributed by atoms with Gasteiger partial charge < -0.3 is 4.42 Å². The average molecular weight is 401 g/mol. The van der Waals surface area contributed by atoms with Crippen molar-refractivity contribution in [3.8, 4) is 22.6 Å². The lowest BCUT2D eigenvalue weighted by molar-refractivity contribution is 0.532. The number of aromatic nitrogens is 4. The largest absolute Gasteiger partial charge is 0.421 e. The Morgan fingerprint density at radius 3 is 1.83 bits per heavy atom. The number of aryl methyl sites for hydroxylation is 2. The maximum Gasteiger partial charge on any atom is 0.247 e. The predicted octanol–water partition coefficient (Wildman–Crippen LogP) is 6.13. The Hall–Kier alpha value is -3.21. The third-order valence-corrected chi connectivity index (χ3v) is 5.80. The van der Waals surface area contributed by atoms with E-state index in [0.717, 1.165) is 24.0 Å². The molecule has 2 atom stereocenters. The molecule has 0 aliphatic carbocycles. The summed E-state index contributed by atoms with van der Waals surface area (Å²) in [5, 5.41) is 12.2. The summed E-state index contributed by atoms with van der Waals surface area (Å²) in [7, 11) is 1.95. The molecule has 2 heterocycles. The van der Waals surface area contributed by atoms with E-state index in [2.05, 4.69) is 77.7 Å². The molecular weight excluding hydrogens is 372 g/mol. The van der Waals surface area contributed by atoms with E-state index in [1.807, 2.05) is 24.1 Å². The first-order chi connectivity index (χ1) is 14.5. The fourth-order valence-corrected chi connectivity index (χ4v) is 3.78. The molecule has 0 radical (unpaired) electrons. The smallest absolute Gasteiger partial charge is 0.247 e. The summed E-state index contributed by atoms with van der Waals surface area (Å²) in [5.74, 6) is 2.19. The number of benzene rings is 2. The van der Waals surface area contributed by atoms with Crippen molar-refractivity contribution in [3.05, 3.63) is 77.9 Å². The van der Waals surface area contributed by atoms with E-state index in [1.54, 1.807) is 6.92 Å². The fraction of sp³-hybridized carbons (Fsp3) is 0.320. The summed E-state index contributed by atoms with van der Waals surface area (Å²) in [6, 6.07) is 17.4. The zero-order chi connectivity index (χ0) is 21.1. The lowest BCUT2D eigenvalue weighted by Crippen LogP contribution is -1.99. The third kappa shape index (κ3) is 4.51. The Kier molecular flexibility index (Phi) is 5.79. The topological polar surface area (TPSA) is 56.7 Å². The molecule has 0 aliphatic heterocycles. The van der Waals surface area contributed by atoms with Gasteiger partial charge in [-0.3, -0.25) is 4.68 Å². The van der Waals surface area contributed by atoms with Gasteiger partial charge in [-0.15, -0.1) is 10.2 Å². The van der Waals surface area contributed by atoms with Gasteiger partial charge in [0.15, 0.2) is 0 Å². The molecule has 5 heteroatoms. The number of rotatable bonds is 7. The zero-order valence-electron chi connectivity index (χ0n) is 18.0. The predicted molar refractivity (Wildman–Crippen MR) is 119 cm³/mol. The minimum absolute atomic E-state index is 0.501. The minimum Gasteiger partial charge on any atom is -0.421 e. The van der Waals surface area contributed by atoms with E-state index >= 15 is 0 Å². The van der Waals surface area contributed by atoms with Crippen LogP contribution in [0.3, 0.4) is 0 Å². The van der Waals surface area contributed by atoms with E-state index in [4.69, 9.17) is 4.42 Å². The highest BCUT2D eigenvalue weighted by Gasteiger charge is 2.12. The van der Waals surface area contributed by atoms with E-state index < -0.39 is 0 Å². The van der Waals surface area contributed by atoms with Crippen molar-refractivity contribution in [2.75, 3.05) is 0 Å². The van der Waals surface area contributed by atoms with E-state index in [9.17, 15) is 0 Å². The second kappa shape index (κ2) is 8.66. The van der Waals surface area contributed by atoms with Gasteiger partial charge in [0.25, 0.3) is 0 Å². The summed E-state index contributed by atoms with van der Waals surface area (Å²) >= 11 is 0.